The Morgan fingerprint density at radius 3 is 2.75 bits per heavy atom. The van der Waals surface area contributed by atoms with Crippen LogP contribution < -0.4 is 5.73 Å². The van der Waals surface area contributed by atoms with Crippen LogP contribution in [-0.4, -0.2) is 22.0 Å². The third kappa shape index (κ3) is 2.01. The summed E-state index contributed by atoms with van der Waals surface area (Å²) < 4.78 is 27.0. The van der Waals surface area contributed by atoms with Crippen molar-refractivity contribution in [2.45, 2.75) is 12.3 Å². The normalized spacial score (nSPS) is 12.0. The summed E-state index contributed by atoms with van der Waals surface area (Å²) in [5.74, 6) is -2.50. The van der Waals surface area contributed by atoms with Crippen LogP contribution in [0.5, 0.6) is 0 Å². The molecule has 0 aliphatic heterocycles. The van der Waals surface area contributed by atoms with Crippen molar-refractivity contribution in [1.82, 2.24) is 9.55 Å². The zero-order valence-corrected chi connectivity index (χ0v) is 6.80. The molecule has 1 rings (SSSR count). The lowest BCUT2D eigenvalue weighted by atomic mass is 10.2. The van der Waals surface area contributed by atoms with Crippen LogP contribution in [0.2, 0.25) is 0 Å². The molecule has 3 nitrogen and oxygen atoms in total. The van der Waals surface area contributed by atoms with Crippen molar-refractivity contribution >= 4 is 0 Å². The molecule has 0 bridgehead atoms. The molecule has 1 heterocycles. The van der Waals surface area contributed by atoms with Crippen molar-refractivity contribution in [3.8, 4) is 0 Å². The van der Waals surface area contributed by atoms with Gasteiger partial charge in [0.1, 0.15) is 5.82 Å². The van der Waals surface area contributed by atoms with Gasteiger partial charge >= 0.3 is 0 Å². The summed E-state index contributed by atoms with van der Waals surface area (Å²) in [5, 5.41) is 0. The van der Waals surface area contributed by atoms with E-state index in [0.29, 0.717) is 5.82 Å². The topological polar surface area (TPSA) is 43.8 Å². The van der Waals surface area contributed by atoms with E-state index in [1.165, 1.54) is 6.20 Å². The maximum absolute atomic E-state index is 12.7. The van der Waals surface area contributed by atoms with E-state index in [0.717, 1.165) is 0 Å². The molecule has 0 aliphatic carbocycles. The van der Waals surface area contributed by atoms with Crippen LogP contribution in [0.3, 0.4) is 0 Å². The molecule has 0 amide bonds. The molecule has 0 fully saturated rings. The third-order valence-electron chi connectivity index (χ3n) is 1.64. The lowest BCUT2D eigenvalue weighted by Crippen LogP contribution is -2.31. The Hall–Kier alpha value is -0.970. The van der Waals surface area contributed by atoms with Crippen molar-refractivity contribution in [1.29, 1.82) is 0 Å². The Kier molecular flexibility index (Phi) is 2.42. The van der Waals surface area contributed by atoms with Gasteiger partial charge in [0, 0.05) is 19.4 Å². The summed E-state index contributed by atoms with van der Waals surface area (Å²) >= 11 is 0. The maximum Gasteiger partial charge on any atom is 0.267 e. The van der Waals surface area contributed by atoms with E-state index in [4.69, 9.17) is 5.73 Å². The monoisotopic (exact) mass is 175 g/mol. The minimum atomic E-state index is -2.85. The first-order valence-electron chi connectivity index (χ1n) is 3.59. The Bertz CT molecular complexity index is 257. The number of nitrogens with two attached hydrogens (primary N) is 1. The molecule has 0 saturated heterocycles. The number of halogens is 2. The average Bonchev–Trinajstić information content (AvgIpc) is 2.36. The minimum Gasteiger partial charge on any atom is -0.338 e. The lowest BCUT2D eigenvalue weighted by molar-refractivity contribution is 0.00892. The van der Waals surface area contributed by atoms with Crippen molar-refractivity contribution in [2.24, 2.45) is 12.8 Å². The van der Waals surface area contributed by atoms with Gasteiger partial charge in [0.05, 0.1) is 13.0 Å². The first-order valence-corrected chi connectivity index (χ1v) is 3.59. The summed E-state index contributed by atoms with van der Waals surface area (Å²) in [7, 11) is 1.68. The summed E-state index contributed by atoms with van der Waals surface area (Å²) in [6, 6.07) is 0. The predicted octanol–water partition coefficient (Wildman–Crippen LogP) is 0.557. The fourth-order valence-electron chi connectivity index (χ4n) is 0.870. The molecule has 12 heavy (non-hydrogen) atoms. The van der Waals surface area contributed by atoms with E-state index < -0.39 is 18.9 Å². The molecule has 1 aromatic rings. The van der Waals surface area contributed by atoms with Crippen molar-refractivity contribution < 1.29 is 8.78 Å². The van der Waals surface area contributed by atoms with E-state index in [9.17, 15) is 8.78 Å². The van der Waals surface area contributed by atoms with Crippen molar-refractivity contribution in [2.75, 3.05) is 6.54 Å². The molecule has 5 heteroatoms. The first-order chi connectivity index (χ1) is 5.55. The SMILES string of the molecule is Cn1ccnc1CC(F)(F)CN. The predicted molar refractivity (Wildman–Crippen MR) is 40.9 cm³/mol. The van der Waals surface area contributed by atoms with Gasteiger partial charge in [-0.2, -0.15) is 0 Å². The highest BCUT2D eigenvalue weighted by atomic mass is 19.3. The third-order valence-corrected chi connectivity index (χ3v) is 1.64. The van der Waals surface area contributed by atoms with Crippen LogP contribution in [0.1, 0.15) is 5.82 Å². The van der Waals surface area contributed by atoms with Crippen molar-refractivity contribution in [3.63, 3.8) is 0 Å². The molecule has 0 saturated carbocycles. The van der Waals surface area contributed by atoms with Crippen molar-refractivity contribution in [3.05, 3.63) is 18.2 Å². The van der Waals surface area contributed by atoms with Gasteiger partial charge in [-0.1, -0.05) is 0 Å². The Morgan fingerprint density at radius 2 is 2.33 bits per heavy atom. The zero-order chi connectivity index (χ0) is 9.19. The van der Waals surface area contributed by atoms with Gasteiger partial charge in [0.25, 0.3) is 5.92 Å². The number of nitrogens with zero attached hydrogens (tertiary/aromatic N) is 2. The zero-order valence-electron chi connectivity index (χ0n) is 6.80. The maximum atomic E-state index is 12.7. The molecule has 0 aromatic carbocycles. The number of imidazole rings is 1. The van der Waals surface area contributed by atoms with E-state index >= 15 is 0 Å². The van der Waals surface area contributed by atoms with Gasteiger partial charge in [-0.25, -0.2) is 13.8 Å². The highest BCUT2D eigenvalue weighted by Gasteiger charge is 2.28. The van der Waals surface area contributed by atoms with E-state index in [-0.39, 0.29) is 0 Å². The van der Waals surface area contributed by atoms with Gasteiger partial charge < -0.3 is 10.3 Å². The van der Waals surface area contributed by atoms with Gasteiger partial charge in [0.2, 0.25) is 0 Å². The van der Waals surface area contributed by atoms with Gasteiger partial charge in [0.15, 0.2) is 0 Å². The number of rotatable bonds is 3. The fraction of sp³-hybridized carbons (Fsp3) is 0.571. The smallest absolute Gasteiger partial charge is 0.267 e. The lowest BCUT2D eigenvalue weighted by Gasteiger charge is -2.12. The molecule has 0 unspecified atom stereocenters. The quantitative estimate of drug-likeness (QED) is 0.729. The van der Waals surface area contributed by atoms with Crippen LogP contribution in [-0.2, 0) is 13.5 Å². The average molecular weight is 175 g/mol. The number of alkyl halides is 2. The van der Waals surface area contributed by atoms with Crippen LogP contribution in [0, 0.1) is 0 Å². The molecule has 2 N–H and O–H groups in total. The molecule has 1 aromatic heterocycles. The van der Waals surface area contributed by atoms with E-state index in [1.54, 1.807) is 17.8 Å². The molecule has 0 radical (unpaired) electrons. The van der Waals surface area contributed by atoms with Gasteiger partial charge in [-0.15, -0.1) is 0 Å². The van der Waals surface area contributed by atoms with Crippen LogP contribution >= 0.6 is 0 Å². The molecule has 0 aliphatic rings. The molecule has 0 spiro atoms. The summed E-state index contributed by atoms with van der Waals surface area (Å²) in [6.45, 7) is -0.639. The standard InChI is InChI=1S/C7H11F2N3/c1-12-3-2-11-6(12)4-7(8,9)5-10/h2-3H,4-5,10H2,1H3. The Morgan fingerprint density at radius 1 is 1.67 bits per heavy atom. The minimum absolute atomic E-state index is 0.352. The second kappa shape index (κ2) is 3.18. The highest BCUT2D eigenvalue weighted by Crippen LogP contribution is 2.16. The molecule has 68 valence electrons. The Labute approximate surface area is 69.2 Å². The Balaban J connectivity index is 2.70. The van der Waals surface area contributed by atoms with Crippen LogP contribution in [0.15, 0.2) is 12.4 Å². The van der Waals surface area contributed by atoms with Gasteiger partial charge in [-0.05, 0) is 0 Å². The largest absolute Gasteiger partial charge is 0.338 e. The summed E-state index contributed by atoms with van der Waals surface area (Å²) in [5.41, 5.74) is 4.89. The van der Waals surface area contributed by atoms with E-state index in [1.807, 2.05) is 0 Å². The van der Waals surface area contributed by atoms with Gasteiger partial charge in [-0.3, -0.25) is 0 Å². The van der Waals surface area contributed by atoms with E-state index in [2.05, 4.69) is 4.98 Å². The number of aryl methyl sites for hydroxylation is 1. The van der Waals surface area contributed by atoms with Crippen LogP contribution in [0.4, 0.5) is 8.78 Å². The molecular weight excluding hydrogens is 164 g/mol. The molecular formula is C7H11F2N3. The fourth-order valence-corrected chi connectivity index (χ4v) is 0.870. The second-order valence-electron chi connectivity index (χ2n) is 2.69. The summed E-state index contributed by atoms with van der Waals surface area (Å²) in [6.07, 6.45) is 2.72. The number of aromatic nitrogens is 2. The first kappa shape index (κ1) is 9.12. The number of hydrogen-bond acceptors (Lipinski definition) is 2. The number of hydrogen-bond donors (Lipinski definition) is 1. The molecule has 0 atom stereocenters. The second-order valence-corrected chi connectivity index (χ2v) is 2.69. The highest BCUT2D eigenvalue weighted by molar-refractivity contribution is 4.95. The summed E-state index contributed by atoms with van der Waals surface area (Å²) in [4.78, 5) is 3.78. The van der Waals surface area contributed by atoms with Crippen LogP contribution in [0.25, 0.3) is 0 Å².